The number of carbonyl (C=O) groups excluding carboxylic acids is 6. The van der Waals surface area contributed by atoms with Crippen molar-refractivity contribution in [3.8, 4) is 28.1 Å². The SMILES string of the molecule is CCn1c(-c2cccnc2[C@H](C)OC)c2c3cc(ccc31)-c1cc(cc(OC(C)=O)c1)C[C@H](NC(=O)[C@H](C1CCCC1)N(C)C(=O)CN(C)C(=O)[C@@H]1N[C@@H]1O)C(=O)N1CCC[C@H](N1)C(=O)OCC(C)(C)C2. The first-order chi connectivity index (χ1) is 33.9. The quantitative estimate of drug-likeness (QED) is 0.0877. The molecule has 2 saturated heterocycles. The third-order valence-electron chi connectivity index (χ3n) is 14.4. The van der Waals surface area contributed by atoms with Crippen LogP contribution in [0.25, 0.3) is 33.3 Å². The standard InChI is InChI=1S/C53H68N8O10/c1-9-60-42-19-18-34-26-38(42)39(47(60)37-16-12-20-54-44(37)30(2)69-8)27-53(4,5)29-70-52(68)40-17-13-21-61(57-40)50(66)41(24-32-22-35(34)25-36(23-32)71-31(3)62)55-49(65)46(33-14-10-11-15-33)59(7)43(63)28-58(6)51(67)45-48(64)56-45/h12,16,18-20,22-23,25-26,30,33,40-41,45-46,48,56-57,64H,9-11,13-15,17,21,24,27-29H2,1-8H3,(H,55,65)/t30-,40-,41-,45+,46-,48+/m0/s1. The van der Waals surface area contributed by atoms with Crippen molar-refractivity contribution < 1.29 is 48.1 Å². The Labute approximate surface area is 414 Å². The number of hydrogen-bond donors (Lipinski definition) is 4. The number of hydrazine groups is 1. The Morgan fingerprint density at radius 2 is 1.77 bits per heavy atom. The number of hydrogen-bond acceptors (Lipinski definition) is 13. The number of aliphatic hydroxyl groups excluding tert-OH is 1. The molecule has 4 amide bonds. The monoisotopic (exact) mass is 977 g/mol. The number of aromatic nitrogens is 2. The summed E-state index contributed by atoms with van der Waals surface area (Å²) in [4.78, 5) is 90.6. The van der Waals surface area contributed by atoms with Crippen LogP contribution in [0.1, 0.15) is 96.1 Å². The molecule has 1 aliphatic carbocycles. The van der Waals surface area contributed by atoms with Crippen molar-refractivity contribution in [2.24, 2.45) is 11.3 Å². The molecule has 1 saturated carbocycles. The van der Waals surface area contributed by atoms with E-state index in [0.717, 1.165) is 51.8 Å². The number of carbonyl (C=O) groups is 6. The molecule has 2 aromatic heterocycles. The van der Waals surface area contributed by atoms with Crippen LogP contribution in [0.2, 0.25) is 0 Å². The molecule has 0 radical (unpaired) electrons. The van der Waals surface area contributed by atoms with Gasteiger partial charge in [0.2, 0.25) is 17.7 Å². The van der Waals surface area contributed by atoms with Crippen molar-refractivity contribution in [2.45, 2.75) is 129 Å². The van der Waals surface area contributed by atoms with Gasteiger partial charge in [-0.2, -0.15) is 0 Å². The summed E-state index contributed by atoms with van der Waals surface area (Å²) in [5.41, 5.74) is 9.35. The highest BCUT2D eigenvalue weighted by Crippen LogP contribution is 2.42. The lowest BCUT2D eigenvalue weighted by Crippen LogP contribution is -2.62. The van der Waals surface area contributed by atoms with Gasteiger partial charge in [0.15, 0.2) is 0 Å². The Balaban J connectivity index is 1.23. The van der Waals surface area contributed by atoms with E-state index in [-0.39, 0.29) is 43.9 Å². The third-order valence-corrected chi connectivity index (χ3v) is 14.4. The fourth-order valence-electron chi connectivity index (χ4n) is 10.6. The Bertz CT molecular complexity index is 2700. The number of nitrogens with one attached hydrogen (secondary N) is 3. The molecule has 4 aliphatic rings. The average Bonchev–Trinajstić information content (AvgIpc) is 3.69. The number of ether oxygens (including phenoxy) is 3. The van der Waals surface area contributed by atoms with Crippen LogP contribution in [0.4, 0.5) is 0 Å². The van der Waals surface area contributed by atoms with Gasteiger partial charge in [0.1, 0.15) is 36.1 Å². The maximum Gasteiger partial charge on any atom is 0.324 e. The van der Waals surface area contributed by atoms with E-state index >= 15 is 0 Å². The van der Waals surface area contributed by atoms with Gasteiger partial charge in [0.05, 0.1) is 30.6 Å². The number of nitrogens with zero attached hydrogens (tertiary/aromatic N) is 5. The molecule has 18 heteroatoms. The smallest absolute Gasteiger partial charge is 0.324 e. The zero-order valence-corrected chi connectivity index (χ0v) is 42.1. The molecule has 3 fully saturated rings. The Morgan fingerprint density at radius 1 is 1.03 bits per heavy atom. The minimum atomic E-state index is -1.22. The molecule has 0 spiro atoms. The molecule has 5 heterocycles. The van der Waals surface area contributed by atoms with Gasteiger partial charge in [-0.05, 0) is 111 Å². The van der Waals surface area contributed by atoms with Gasteiger partial charge in [-0.25, -0.2) is 5.43 Å². The van der Waals surface area contributed by atoms with E-state index in [1.54, 1.807) is 25.4 Å². The van der Waals surface area contributed by atoms with Crippen LogP contribution in [0.15, 0.2) is 54.7 Å². The highest BCUT2D eigenvalue weighted by molar-refractivity contribution is 5.96. The van der Waals surface area contributed by atoms with E-state index in [2.05, 4.69) is 59.6 Å². The number of likely N-dealkylation sites (N-methyl/N-ethyl adjacent to an activating group) is 2. The Morgan fingerprint density at radius 3 is 2.46 bits per heavy atom. The van der Waals surface area contributed by atoms with Crippen LogP contribution in [0, 0.1) is 11.3 Å². The average molecular weight is 977 g/mol. The molecule has 4 aromatic rings. The molecule has 380 valence electrons. The zero-order valence-electron chi connectivity index (χ0n) is 42.1. The summed E-state index contributed by atoms with van der Waals surface area (Å²) in [7, 11) is 4.67. The lowest BCUT2D eigenvalue weighted by Gasteiger charge is -2.37. The second-order valence-electron chi connectivity index (χ2n) is 20.4. The summed E-state index contributed by atoms with van der Waals surface area (Å²) in [5.74, 6) is -2.99. The van der Waals surface area contributed by atoms with Crippen LogP contribution in [0.3, 0.4) is 0 Å². The van der Waals surface area contributed by atoms with Crippen LogP contribution >= 0.6 is 0 Å². The van der Waals surface area contributed by atoms with Crippen molar-refractivity contribution in [1.82, 2.24) is 40.4 Å². The summed E-state index contributed by atoms with van der Waals surface area (Å²) < 4.78 is 20.0. The summed E-state index contributed by atoms with van der Waals surface area (Å²) in [5, 5.41) is 17.8. The first-order valence-corrected chi connectivity index (χ1v) is 24.8. The summed E-state index contributed by atoms with van der Waals surface area (Å²) in [6, 6.07) is 11.7. The molecule has 0 unspecified atom stereocenters. The number of aliphatic hydroxyl groups is 1. The molecule has 6 atom stereocenters. The van der Waals surface area contributed by atoms with E-state index < -0.39 is 71.4 Å². The fraction of sp³-hybridized carbons (Fsp3) is 0.528. The highest BCUT2D eigenvalue weighted by Gasteiger charge is 2.44. The second-order valence-corrected chi connectivity index (χ2v) is 20.4. The minimum absolute atomic E-state index is 0.0531. The number of aryl methyl sites for hydroxylation is 1. The van der Waals surface area contributed by atoms with Crippen molar-refractivity contribution in [3.05, 3.63) is 71.5 Å². The minimum Gasteiger partial charge on any atom is -0.464 e. The molecular weight excluding hydrogens is 909 g/mol. The van der Waals surface area contributed by atoms with Crippen LogP contribution in [-0.4, -0.2) is 136 Å². The van der Waals surface area contributed by atoms with E-state index in [1.807, 2.05) is 25.1 Å². The molecular formula is C53H68N8O10. The predicted molar refractivity (Wildman–Crippen MR) is 264 cm³/mol. The van der Waals surface area contributed by atoms with Gasteiger partial charge in [-0.15, -0.1) is 0 Å². The first-order valence-electron chi connectivity index (χ1n) is 24.8. The predicted octanol–water partition coefficient (Wildman–Crippen LogP) is 4.44. The highest BCUT2D eigenvalue weighted by atomic mass is 16.5. The molecule has 18 nitrogen and oxygen atoms in total. The Kier molecular flexibility index (Phi) is 15.3. The molecule has 71 heavy (non-hydrogen) atoms. The van der Waals surface area contributed by atoms with E-state index in [4.69, 9.17) is 19.2 Å². The van der Waals surface area contributed by atoms with E-state index in [9.17, 15) is 33.9 Å². The molecule has 6 bridgehead atoms. The number of rotatable bonds is 12. The molecule has 2 aromatic carbocycles. The number of benzene rings is 2. The third kappa shape index (κ3) is 11.2. The van der Waals surface area contributed by atoms with Gasteiger partial charge in [-0.3, -0.25) is 44.1 Å². The van der Waals surface area contributed by atoms with Crippen molar-refractivity contribution in [3.63, 3.8) is 0 Å². The maximum absolute atomic E-state index is 15.0. The molecule has 4 N–H and O–H groups in total. The number of fused-ring (bicyclic) bond motifs is 6. The summed E-state index contributed by atoms with van der Waals surface area (Å²) >= 11 is 0. The van der Waals surface area contributed by atoms with Crippen molar-refractivity contribution in [2.75, 3.05) is 40.9 Å². The summed E-state index contributed by atoms with van der Waals surface area (Å²) in [6.07, 6.45) is 4.90. The maximum atomic E-state index is 15.0. The van der Waals surface area contributed by atoms with Crippen molar-refractivity contribution in [1.29, 1.82) is 0 Å². The topological polar surface area (TPSA) is 224 Å². The first kappa shape index (κ1) is 51.2. The van der Waals surface area contributed by atoms with E-state index in [0.29, 0.717) is 49.8 Å². The van der Waals surface area contributed by atoms with Gasteiger partial charge in [0, 0.05) is 75.7 Å². The number of methoxy groups -OCH3 is 1. The normalized spacial score (nSPS) is 22.2. The van der Waals surface area contributed by atoms with Crippen molar-refractivity contribution >= 4 is 46.5 Å². The van der Waals surface area contributed by atoms with Crippen LogP contribution < -0.4 is 20.8 Å². The zero-order chi connectivity index (χ0) is 50.9. The largest absolute Gasteiger partial charge is 0.464 e. The number of cyclic esters (lactones) is 1. The molecule has 3 aliphatic heterocycles. The van der Waals surface area contributed by atoms with Gasteiger partial charge in [0.25, 0.3) is 5.91 Å². The Hall–Kier alpha value is -6.21. The number of amides is 4. The molecule has 8 rings (SSSR count). The van der Waals surface area contributed by atoms with Crippen LogP contribution in [-0.2, 0) is 57.6 Å². The van der Waals surface area contributed by atoms with Gasteiger partial charge >= 0.3 is 11.9 Å². The number of pyridine rings is 1. The van der Waals surface area contributed by atoms with Crippen LogP contribution in [0.5, 0.6) is 5.75 Å². The number of esters is 2. The fourth-order valence-corrected chi connectivity index (χ4v) is 10.6. The van der Waals surface area contributed by atoms with Gasteiger partial charge < -0.3 is 39.0 Å². The van der Waals surface area contributed by atoms with E-state index in [1.165, 1.54) is 35.8 Å². The van der Waals surface area contributed by atoms with Gasteiger partial charge in [-0.1, -0.05) is 38.8 Å². The summed E-state index contributed by atoms with van der Waals surface area (Å²) in [6.45, 7) is 10.1. The lowest BCUT2D eigenvalue weighted by atomic mass is 9.84. The lowest BCUT2D eigenvalue weighted by molar-refractivity contribution is -0.155. The second kappa shape index (κ2) is 21.2.